The van der Waals surface area contributed by atoms with E-state index in [4.69, 9.17) is 15.2 Å². The molecular formula is C17H29N3O2. The van der Waals surface area contributed by atoms with Gasteiger partial charge in [0.15, 0.2) is 0 Å². The Morgan fingerprint density at radius 3 is 2.41 bits per heavy atom. The lowest BCUT2D eigenvalue weighted by Crippen LogP contribution is -2.41. The van der Waals surface area contributed by atoms with Crippen LogP contribution in [0.4, 0.5) is 5.69 Å². The summed E-state index contributed by atoms with van der Waals surface area (Å²) in [4.78, 5) is 2.42. The van der Waals surface area contributed by atoms with E-state index in [0.29, 0.717) is 25.9 Å². The molecule has 22 heavy (non-hydrogen) atoms. The van der Waals surface area contributed by atoms with Crippen molar-refractivity contribution >= 4 is 5.69 Å². The van der Waals surface area contributed by atoms with Crippen LogP contribution in [-0.2, 0) is 9.47 Å². The molecule has 2 rings (SSSR count). The first-order valence-corrected chi connectivity index (χ1v) is 8.27. The molecule has 0 spiro atoms. The number of nitrogens with zero attached hydrogens (tertiary/aromatic N) is 1. The summed E-state index contributed by atoms with van der Waals surface area (Å²) in [6, 6.07) is 10.6. The van der Waals surface area contributed by atoms with Gasteiger partial charge in [-0.25, -0.2) is 0 Å². The average molecular weight is 307 g/mol. The van der Waals surface area contributed by atoms with Crippen LogP contribution in [0.1, 0.15) is 12.8 Å². The maximum atomic E-state index is 5.89. The molecule has 1 saturated heterocycles. The third kappa shape index (κ3) is 7.22. The SMILES string of the molecule is NC1CCN(CCOCCOCCNc2ccccc2)CC1. The summed E-state index contributed by atoms with van der Waals surface area (Å²) >= 11 is 0. The van der Waals surface area contributed by atoms with E-state index < -0.39 is 0 Å². The highest BCUT2D eigenvalue weighted by atomic mass is 16.5. The van der Waals surface area contributed by atoms with Gasteiger partial charge in [-0.1, -0.05) is 18.2 Å². The Kier molecular flexibility index (Phi) is 8.27. The summed E-state index contributed by atoms with van der Waals surface area (Å²) in [5.74, 6) is 0. The molecule has 0 bridgehead atoms. The molecule has 5 nitrogen and oxygen atoms in total. The van der Waals surface area contributed by atoms with E-state index >= 15 is 0 Å². The maximum Gasteiger partial charge on any atom is 0.0701 e. The van der Waals surface area contributed by atoms with Crippen molar-refractivity contribution in [3.63, 3.8) is 0 Å². The van der Waals surface area contributed by atoms with Crippen LogP contribution in [0.3, 0.4) is 0 Å². The second-order valence-electron chi connectivity index (χ2n) is 5.70. The normalized spacial score (nSPS) is 16.8. The number of rotatable bonds is 10. The molecule has 1 fully saturated rings. The number of hydrogen-bond acceptors (Lipinski definition) is 5. The van der Waals surface area contributed by atoms with Crippen LogP contribution in [0.5, 0.6) is 0 Å². The van der Waals surface area contributed by atoms with Crippen LogP contribution in [0.2, 0.25) is 0 Å². The fraction of sp³-hybridized carbons (Fsp3) is 0.647. The summed E-state index contributed by atoms with van der Waals surface area (Å²) in [5.41, 5.74) is 7.02. The minimum Gasteiger partial charge on any atom is -0.383 e. The summed E-state index contributed by atoms with van der Waals surface area (Å²) in [5, 5.41) is 3.31. The molecule has 0 aliphatic carbocycles. The Bertz CT molecular complexity index is 381. The van der Waals surface area contributed by atoms with Gasteiger partial charge in [-0.3, -0.25) is 0 Å². The molecule has 0 radical (unpaired) electrons. The minimum absolute atomic E-state index is 0.398. The van der Waals surface area contributed by atoms with Crippen LogP contribution in [0.15, 0.2) is 30.3 Å². The molecule has 1 aliphatic rings. The van der Waals surface area contributed by atoms with Crippen LogP contribution >= 0.6 is 0 Å². The van der Waals surface area contributed by atoms with Crippen molar-refractivity contribution in [2.24, 2.45) is 5.73 Å². The van der Waals surface area contributed by atoms with Crippen LogP contribution in [0, 0.1) is 0 Å². The number of anilines is 1. The molecule has 0 amide bonds. The van der Waals surface area contributed by atoms with Gasteiger partial charge < -0.3 is 25.4 Å². The molecule has 0 aromatic heterocycles. The monoisotopic (exact) mass is 307 g/mol. The van der Waals surface area contributed by atoms with Gasteiger partial charge in [0.2, 0.25) is 0 Å². The Morgan fingerprint density at radius 2 is 1.68 bits per heavy atom. The largest absolute Gasteiger partial charge is 0.383 e. The van der Waals surface area contributed by atoms with E-state index in [9.17, 15) is 0 Å². The van der Waals surface area contributed by atoms with Crippen molar-refractivity contribution in [2.75, 3.05) is 57.9 Å². The van der Waals surface area contributed by atoms with E-state index in [1.165, 1.54) is 0 Å². The molecule has 0 unspecified atom stereocenters. The zero-order chi connectivity index (χ0) is 15.5. The molecule has 1 aromatic carbocycles. The number of nitrogens with two attached hydrogens (primary N) is 1. The lowest BCUT2D eigenvalue weighted by molar-refractivity contribution is 0.0391. The standard InChI is InChI=1S/C17H29N3O2/c18-16-6-9-20(10-7-16)11-13-22-15-14-21-12-8-19-17-4-2-1-3-5-17/h1-5,16,19H,6-15,18H2. The Balaban J connectivity index is 1.36. The quantitative estimate of drug-likeness (QED) is 0.642. The molecule has 0 atom stereocenters. The second kappa shape index (κ2) is 10.6. The number of hydrogen-bond donors (Lipinski definition) is 2. The Morgan fingerprint density at radius 1 is 1.00 bits per heavy atom. The number of para-hydroxylation sites is 1. The highest BCUT2D eigenvalue weighted by Crippen LogP contribution is 2.07. The predicted molar refractivity (Wildman–Crippen MR) is 90.2 cm³/mol. The van der Waals surface area contributed by atoms with Gasteiger partial charge in [0, 0.05) is 24.8 Å². The Hall–Kier alpha value is -1.14. The van der Waals surface area contributed by atoms with Crippen molar-refractivity contribution in [2.45, 2.75) is 18.9 Å². The van der Waals surface area contributed by atoms with E-state index in [1.807, 2.05) is 18.2 Å². The molecule has 3 N–H and O–H groups in total. The fourth-order valence-corrected chi connectivity index (χ4v) is 2.52. The molecule has 124 valence electrons. The number of ether oxygens (including phenoxy) is 2. The summed E-state index contributed by atoms with van der Waals surface area (Å²) in [6.45, 7) is 6.82. The van der Waals surface area contributed by atoms with Gasteiger partial charge >= 0.3 is 0 Å². The van der Waals surface area contributed by atoms with Crippen molar-refractivity contribution in [3.05, 3.63) is 30.3 Å². The van der Waals surface area contributed by atoms with E-state index in [-0.39, 0.29) is 0 Å². The molecule has 0 saturated carbocycles. The van der Waals surface area contributed by atoms with E-state index in [0.717, 1.165) is 51.3 Å². The first-order valence-electron chi connectivity index (χ1n) is 8.27. The van der Waals surface area contributed by atoms with E-state index in [1.54, 1.807) is 0 Å². The molecule has 5 heteroatoms. The highest BCUT2D eigenvalue weighted by molar-refractivity contribution is 5.42. The lowest BCUT2D eigenvalue weighted by atomic mass is 10.1. The highest BCUT2D eigenvalue weighted by Gasteiger charge is 2.14. The Labute approximate surface area is 133 Å². The summed E-state index contributed by atoms with van der Waals surface area (Å²) in [6.07, 6.45) is 2.22. The molecule has 1 heterocycles. The molecular weight excluding hydrogens is 278 g/mol. The van der Waals surface area contributed by atoms with Crippen molar-refractivity contribution < 1.29 is 9.47 Å². The molecule has 1 aromatic rings. The van der Waals surface area contributed by atoms with Gasteiger partial charge in [0.1, 0.15) is 0 Å². The smallest absolute Gasteiger partial charge is 0.0701 e. The van der Waals surface area contributed by atoms with Crippen molar-refractivity contribution in [3.8, 4) is 0 Å². The topological polar surface area (TPSA) is 59.8 Å². The van der Waals surface area contributed by atoms with Gasteiger partial charge in [0.25, 0.3) is 0 Å². The van der Waals surface area contributed by atoms with Crippen LogP contribution < -0.4 is 11.1 Å². The first-order chi connectivity index (χ1) is 10.8. The van der Waals surface area contributed by atoms with E-state index in [2.05, 4.69) is 22.3 Å². The van der Waals surface area contributed by atoms with Crippen molar-refractivity contribution in [1.29, 1.82) is 0 Å². The zero-order valence-electron chi connectivity index (χ0n) is 13.4. The van der Waals surface area contributed by atoms with Crippen molar-refractivity contribution in [1.82, 2.24) is 4.90 Å². The maximum absolute atomic E-state index is 5.89. The predicted octanol–water partition coefficient (Wildman–Crippen LogP) is 1.55. The second-order valence-corrected chi connectivity index (χ2v) is 5.70. The third-order valence-electron chi connectivity index (χ3n) is 3.91. The first kappa shape index (κ1) is 17.2. The lowest BCUT2D eigenvalue weighted by Gasteiger charge is -2.29. The number of piperidine rings is 1. The van der Waals surface area contributed by atoms with Gasteiger partial charge in [-0.2, -0.15) is 0 Å². The van der Waals surface area contributed by atoms with Gasteiger partial charge in [0.05, 0.1) is 26.4 Å². The van der Waals surface area contributed by atoms with Crippen LogP contribution in [0.25, 0.3) is 0 Å². The summed E-state index contributed by atoms with van der Waals surface area (Å²) in [7, 11) is 0. The molecule has 1 aliphatic heterocycles. The van der Waals surface area contributed by atoms with Gasteiger partial charge in [-0.15, -0.1) is 0 Å². The minimum atomic E-state index is 0.398. The number of nitrogens with one attached hydrogen (secondary N) is 1. The van der Waals surface area contributed by atoms with Crippen LogP contribution in [-0.4, -0.2) is 63.5 Å². The fourth-order valence-electron chi connectivity index (χ4n) is 2.52. The zero-order valence-corrected chi connectivity index (χ0v) is 13.4. The number of likely N-dealkylation sites (tertiary alicyclic amines) is 1. The van der Waals surface area contributed by atoms with Gasteiger partial charge in [-0.05, 0) is 38.1 Å². The third-order valence-corrected chi connectivity index (χ3v) is 3.91. The number of benzene rings is 1. The summed E-state index contributed by atoms with van der Waals surface area (Å²) < 4.78 is 11.2. The average Bonchev–Trinajstić information content (AvgIpc) is 2.56.